The average Bonchev–Trinajstić information content (AvgIpc) is 3.11. The maximum atomic E-state index is 12.8. The number of carbonyl (C=O) groups excluding carboxylic acids is 3. The SMILES string of the molecule is CCCNC(=O)CC[C@H](CC(=O)OCC1c2ccccc2-c2ccccc21)C(=O)OC(C)(C)C. The largest absolute Gasteiger partial charge is 0.465 e. The number of rotatable bonds is 10. The fourth-order valence-electron chi connectivity index (χ4n) is 4.22. The molecule has 0 fully saturated rings. The van der Waals surface area contributed by atoms with Gasteiger partial charge in [0.05, 0.1) is 12.3 Å². The van der Waals surface area contributed by atoms with Crippen molar-refractivity contribution in [3.8, 4) is 11.1 Å². The highest BCUT2D eigenvalue weighted by molar-refractivity contribution is 5.82. The highest BCUT2D eigenvalue weighted by Gasteiger charge is 2.31. The van der Waals surface area contributed by atoms with E-state index in [0.717, 1.165) is 28.7 Å². The molecule has 6 nitrogen and oxygen atoms in total. The Morgan fingerprint density at radius 3 is 2.12 bits per heavy atom. The van der Waals surface area contributed by atoms with Crippen molar-refractivity contribution in [1.29, 1.82) is 0 Å². The molecule has 2 aromatic rings. The maximum absolute atomic E-state index is 12.8. The van der Waals surface area contributed by atoms with Gasteiger partial charge in [-0.2, -0.15) is 0 Å². The maximum Gasteiger partial charge on any atom is 0.310 e. The molecule has 0 aromatic heterocycles. The second-order valence-electron chi connectivity index (χ2n) is 9.73. The molecular formula is C28H35NO5. The minimum absolute atomic E-state index is 0.0452. The number of esters is 2. The van der Waals surface area contributed by atoms with E-state index in [-0.39, 0.29) is 37.7 Å². The van der Waals surface area contributed by atoms with Crippen LogP contribution in [0.5, 0.6) is 0 Å². The molecule has 2 aromatic carbocycles. The number of hydrogen-bond donors (Lipinski definition) is 1. The summed E-state index contributed by atoms with van der Waals surface area (Å²) in [5.41, 5.74) is 3.90. The Labute approximate surface area is 202 Å². The summed E-state index contributed by atoms with van der Waals surface area (Å²) >= 11 is 0. The van der Waals surface area contributed by atoms with Gasteiger partial charge in [0.25, 0.3) is 0 Å². The Morgan fingerprint density at radius 1 is 0.971 bits per heavy atom. The van der Waals surface area contributed by atoms with Crippen molar-refractivity contribution in [2.45, 2.75) is 64.9 Å². The van der Waals surface area contributed by atoms with Crippen LogP contribution < -0.4 is 5.32 Å². The zero-order chi connectivity index (χ0) is 24.7. The molecule has 1 aliphatic carbocycles. The van der Waals surface area contributed by atoms with E-state index in [1.165, 1.54) is 0 Å². The summed E-state index contributed by atoms with van der Waals surface area (Å²) in [4.78, 5) is 37.6. The third kappa shape index (κ3) is 6.69. The summed E-state index contributed by atoms with van der Waals surface area (Å²) in [5.74, 6) is -1.86. The number of benzene rings is 2. The Kier molecular flexibility index (Phi) is 8.48. The van der Waals surface area contributed by atoms with Gasteiger partial charge < -0.3 is 14.8 Å². The molecule has 6 heteroatoms. The molecule has 0 unspecified atom stereocenters. The van der Waals surface area contributed by atoms with Crippen LogP contribution in [0.2, 0.25) is 0 Å². The van der Waals surface area contributed by atoms with Crippen LogP contribution in [0.25, 0.3) is 11.1 Å². The number of hydrogen-bond acceptors (Lipinski definition) is 5. The van der Waals surface area contributed by atoms with Crippen LogP contribution in [-0.4, -0.2) is 36.6 Å². The quantitative estimate of drug-likeness (QED) is 0.500. The van der Waals surface area contributed by atoms with Gasteiger partial charge in [-0.25, -0.2) is 0 Å². The van der Waals surface area contributed by atoms with E-state index in [1.54, 1.807) is 20.8 Å². The molecule has 0 spiro atoms. The molecule has 0 heterocycles. The lowest BCUT2D eigenvalue weighted by molar-refractivity contribution is -0.164. The predicted molar refractivity (Wildman–Crippen MR) is 131 cm³/mol. The lowest BCUT2D eigenvalue weighted by Gasteiger charge is -2.24. The molecule has 0 bridgehead atoms. The number of carbonyl (C=O) groups is 3. The van der Waals surface area contributed by atoms with Crippen molar-refractivity contribution in [3.63, 3.8) is 0 Å². The number of fused-ring (bicyclic) bond motifs is 3. The van der Waals surface area contributed by atoms with Crippen LogP contribution in [0.3, 0.4) is 0 Å². The van der Waals surface area contributed by atoms with Gasteiger partial charge in [0.2, 0.25) is 5.91 Å². The molecule has 1 amide bonds. The van der Waals surface area contributed by atoms with Gasteiger partial charge in [0.15, 0.2) is 0 Å². The second kappa shape index (κ2) is 11.3. The average molecular weight is 466 g/mol. The summed E-state index contributed by atoms with van der Waals surface area (Å²) in [6, 6.07) is 16.3. The highest BCUT2D eigenvalue weighted by Crippen LogP contribution is 2.44. The molecule has 34 heavy (non-hydrogen) atoms. The van der Waals surface area contributed by atoms with Crippen LogP contribution in [0, 0.1) is 5.92 Å². The van der Waals surface area contributed by atoms with Crippen molar-refractivity contribution in [3.05, 3.63) is 59.7 Å². The Morgan fingerprint density at radius 2 is 1.56 bits per heavy atom. The fourth-order valence-corrected chi connectivity index (χ4v) is 4.22. The molecule has 1 N–H and O–H groups in total. The van der Waals surface area contributed by atoms with Gasteiger partial charge >= 0.3 is 11.9 Å². The van der Waals surface area contributed by atoms with Crippen LogP contribution in [-0.2, 0) is 23.9 Å². The normalized spacial score (nSPS) is 13.5. The molecule has 0 saturated heterocycles. The molecule has 0 radical (unpaired) electrons. The second-order valence-corrected chi connectivity index (χ2v) is 9.73. The molecular weight excluding hydrogens is 430 g/mol. The van der Waals surface area contributed by atoms with Crippen molar-refractivity contribution in [1.82, 2.24) is 5.32 Å². The van der Waals surface area contributed by atoms with Crippen LogP contribution in [0.1, 0.15) is 70.4 Å². The molecule has 3 rings (SSSR count). The van der Waals surface area contributed by atoms with E-state index in [2.05, 4.69) is 29.6 Å². The van der Waals surface area contributed by atoms with E-state index in [1.807, 2.05) is 31.2 Å². The first-order chi connectivity index (χ1) is 16.2. The van der Waals surface area contributed by atoms with E-state index >= 15 is 0 Å². The first kappa shape index (κ1) is 25.5. The highest BCUT2D eigenvalue weighted by atomic mass is 16.6. The summed E-state index contributed by atoms with van der Waals surface area (Å²) in [5, 5.41) is 2.80. The van der Waals surface area contributed by atoms with E-state index in [4.69, 9.17) is 9.47 Å². The number of amides is 1. The first-order valence-electron chi connectivity index (χ1n) is 12.0. The monoisotopic (exact) mass is 465 g/mol. The third-order valence-corrected chi connectivity index (χ3v) is 5.82. The lowest BCUT2D eigenvalue weighted by Crippen LogP contribution is -2.32. The van der Waals surface area contributed by atoms with Gasteiger partial charge in [-0.05, 0) is 55.9 Å². The predicted octanol–water partition coefficient (Wildman–Crippen LogP) is 5.00. The zero-order valence-electron chi connectivity index (χ0n) is 20.6. The Hall–Kier alpha value is -3.15. The van der Waals surface area contributed by atoms with E-state index in [0.29, 0.717) is 6.54 Å². The van der Waals surface area contributed by atoms with E-state index < -0.39 is 23.5 Å². The van der Waals surface area contributed by atoms with Crippen molar-refractivity contribution in [2.24, 2.45) is 5.92 Å². The molecule has 1 aliphatic rings. The van der Waals surface area contributed by atoms with Crippen molar-refractivity contribution < 1.29 is 23.9 Å². The summed E-state index contributed by atoms with van der Waals surface area (Å²) in [6.07, 6.45) is 1.10. The van der Waals surface area contributed by atoms with Crippen molar-refractivity contribution >= 4 is 17.8 Å². The smallest absolute Gasteiger partial charge is 0.310 e. The summed E-state index contributed by atoms with van der Waals surface area (Å²) in [7, 11) is 0. The van der Waals surface area contributed by atoms with Gasteiger partial charge in [0.1, 0.15) is 12.2 Å². The van der Waals surface area contributed by atoms with Gasteiger partial charge in [0, 0.05) is 18.9 Å². The standard InChI is InChI=1S/C28H35NO5/c1-5-16-29-25(30)15-14-19(27(32)34-28(2,3)4)17-26(31)33-18-24-22-12-8-6-10-20(22)21-11-7-9-13-23(21)24/h6-13,19,24H,5,14-18H2,1-4H3,(H,29,30)/t19-/m1/s1. The molecule has 1 atom stereocenters. The third-order valence-electron chi connectivity index (χ3n) is 5.82. The zero-order valence-corrected chi connectivity index (χ0v) is 20.6. The van der Waals surface area contributed by atoms with Crippen LogP contribution in [0.4, 0.5) is 0 Å². The topological polar surface area (TPSA) is 81.7 Å². The summed E-state index contributed by atoms with van der Waals surface area (Å²) < 4.78 is 11.2. The Balaban J connectivity index is 1.64. The van der Waals surface area contributed by atoms with Crippen LogP contribution >= 0.6 is 0 Å². The minimum atomic E-state index is -0.734. The van der Waals surface area contributed by atoms with Gasteiger partial charge in [-0.1, -0.05) is 55.5 Å². The fraction of sp³-hybridized carbons (Fsp3) is 0.464. The lowest BCUT2D eigenvalue weighted by atomic mass is 9.97. The number of ether oxygens (including phenoxy) is 2. The minimum Gasteiger partial charge on any atom is -0.465 e. The van der Waals surface area contributed by atoms with Crippen LogP contribution in [0.15, 0.2) is 48.5 Å². The van der Waals surface area contributed by atoms with Gasteiger partial charge in [-0.15, -0.1) is 0 Å². The first-order valence-corrected chi connectivity index (χ1v) is 12.0. The molecule has 0 aliphatic heterocycles. The van der Waals surface area contributed by atoms with E-state index in [9.17, 15) is 14.4 Å². The molecule has 0 saturated carbocycles. The Bertz CT molecular complexity index is 978. The summed E-state index contributed by atoms with van der Waals surface area (Å²) in [6.45, 7) is 8.10. The van der Waals surface area contributed by atoms with Gasteiger partial charge in [-0.3, -0.25) is 14.4 Å². The van der Waals surface area contributed by atoms with Crippen molar-refractivity contribution in [2.75, 3.05) is 13.2 Å². The number of nitrogens with one attached hydrogen (secondary N) is 1. The molecule has 182 valence electrons.